The molecule has 0 saturated heterocycles. The van der Waals surface area contributed by atoms with Crippen LogP contribution in [0.2, 0.25) is 0 Å². The van der Waals surface area contributed by atoms with E-state index in [9.17, 15) is 9.59 Å². The second kappa shape index (κ2) is 7.04. The van der Waals surface area contributed by atoms with Crippen molar-refractivity contribution in [1.82, 2.24) is 4.98 Å². The molecular weight excluding hydrogens is 324 g/mol. The zero-order valence-corrected chi connectivity index (χ0v) is 13.7. The Balaban J connectivity index is 1.81. The van der Waals surface area contributed by atoms with Crippen molar-refractivity contribution in [3.05, 3.63) is 59.8 Å². The number of ether oxygens (including phenoxy) is 1. The van der Waals surface area contributed by atoms with Crippen molar-refractivity contribution in [2.24, 2.45) is 0 Å². The summed E-state index contributed by atoms with van der Waals surface area (Å²) < 4.78 is 15.7. The zero-order valence-electron chi connectivity index (χ0n) is 13.7. The van der Waals surface area contributed by atoms with Crippen LogP contribution in [-0.2, 0) is 4.74 Å². The van der Waals surface area contributed by atoms with Crippen LogP contribution in [-0.4, -0.2) is 23.5 Å². The number of carbonyl (C=O) groups excluding carboxylic acids is 2. The van der Waals surface area contributed by atoms with E-state index in [1.54, 1.807) is 44.2 Å². The third kappa shape index (κ3) is 3.60. The molecule has 1 N–H and O–H groups in total. The van der Waals surface area contributed by atoms with Gasteiger partial charge in [-0.2, -0.15) is 0 Å². The van der Waals surface area contributed by atoms with Crippen LogP contribution in [0.3, 0.4) is 0 Å². The fourth-order valence-electron chi connectivity index (χ4n) is 2.27. The maximum atomic E-state index is 12.5. The Labute approximate surface area is 143 Å². The molecule has 0 radical (unpaired) electrons. The van der Waals surface area contributed by atoms with Crippen LogP contribution < -0.4 is 5.32 Å². The number of nitrogens with zero attached hydrogens (tertiary/aromatic N) is 1. The van der Waals surface area contributed by atoms with Crippen molar-refractivity contribution in [2.45, 2.75) is 13.8 Å². The van der Waals surface area contributed by atoms with Gasteiger partial charge in [0.25, 0.3) is 5.91 Å². The Kier molecular flexibility index (Phi) is 4.65. The molecule has 7 nitrogen and oxygen atoms in total. The number of hydrogen-bond acceptors (Lipinski definition) is 6. The Morgan fingerprint density at radius 1 is 1.24 bits per heavy atom. The Bertz CT molecular complexity index is 910. The number of aryl methyl sites for hydroxylation is 1. The molecule has 25 heavy (non-hydrogen) atoms. The molecular formula is C18H16N2O5. The quantitative estimate of drug-likeness (QED) is 0.712. The first-order chi connectivity index (χ1) is 12.1. The summed E-state index contributed by atoms with van der Waals surface area (Å²) in [7, 11) is 0. The Morgan fingerprint density at radius 2 is 2.08 bits per heavy atom. The van der Waals surface area contributed by atoms with Crippen molar-refractivity contribution >= 4 is 17.6 Å². The van der Waals surface area contributed by atoms with Gasteiger partial charge < -0.3 is 18.9 Å². The van der Waals surface area contributed by atoms with Crippen LogP contribution in [0.15, 0.2) is 51.6 Å². The number of hydrogen-bond donors (Lipinski definition) is 1. The number of carbonyl (C=O) groups is 2. The lowest BCUT2D eigenvalue weighted by molar-refractivity contribution is 0.0526. The van der Waals surface area contributed by atoms with E-state index < -0.39 is 11.9 Å². The molecule has 7 heteroatoms. The van der Waals surface area contributed by atoms with Gasteiger partial charge in [0.15, 0.2) is 17.8 Å². The van der Waals surface area contributed by atoms with E-state index in [1.165, 1.54) is 12.5 Å². The van der Waals surface area contributed by atoms with Gasteiger partial charge >= 0.3 is 5.97 Å². The minimum Gasteiger partial charge on any atom is -0.462 e. The number of oxazole rings is 1. The molecule has 2 heterocycles. The highest BCUT2D eigenvalue weighted by atomic mass is 16.5. The van der Waals surface area contributed by atoms with Crippen molar-refractivity contribution in [3.8, 4) is 11.5 Å². The van der Waals surface area contributed by atoms with Crippen LogP contribution in [0, 0.1) is 6.92 Å². The number of anilines is 1. The SMILES string of the molecule is CCOC(=O)c1cccc(NC(=O)c2ncoc2-c2ccc(C)o2)c1. The maximum absolute atomic E-state index is 12.5. The molecule has 0 aliphatic rings. The topological polar surface area (TPSA) is 94.6 Å². The molecule has 0 saturated carbocycles. The highest BCUT2D eigenvalue weighted by Gasteiger charge is 2.21. The Morgan fingerprint density at radius 3 is 2.80 bits per heavy atom. The standard InChI is InChI=1S/C18H16N2O5/c1-3-23-18(22)12-5-4-6-13(9-12)20-17(21)15-16(24-10-19-15)14-8-7-11(2)25-14/h4-10H,3H2,1-2H3,(H,20,21). The van der Waals surface area contributed by atoms with E-state index >= 15 is 0 Å². The number of rotatable bonds is 5. The molecule has 3 rings (SSSR count). The van der Waals surface area contributed by atoms with Crippen LogP contribution in [0.5, 0.6) is 0 Å². The monoisotopic (exact) mass is 340 g/mol. The highest BCUT2D eigenvalue weighted by Crippen LogP contribution is 2.26. The molecule has 0 atom stereocenters. The number of esters is 1. The molecule has 2 aromatic heterocycles. The van der Waals surface area contributed by atoms with Crippen LogP contribution in [0.1, 0.15) is 33.5 Å². The molecule has 3 aromatic rings. The summed E-state index contributed by atoms with van der Waals surface area (Å²) in [6, 6.07) is 9.93. The van der Waals surface area contributed by atoms with Crippen molar-refractivity contribution in [3.63, 3.8) is 0 Å². The lowest BCUT2D eigenvalue weighted by Gasteiger charge is -2.06. The van der Waals surface area contributed by atoms with E-state index in [4.69, 9.17) is 13.6 Å². The number of furan rings is 1. The average Bonchev–Trinajstić information content (AvgIpc) is 3.24. The summed E-state index contributed by atoms with van der Waals surface area (Å²) in [4.78, 5) is 28.2. The third-order valence-corrected chi connectivity index (χ3v) is 3.38. The largest absolute Gasteiger partial charge is 0.462 e. The summed E-state index contributed by atoms with van der Waals surface area (Å²) in [6.45, 7) is 3.80. The Hall–Kier alpha value is -3.35. The van der Waals surface area contributed by atoms with E-state index in [0.717, 1.165) is 0 Å². The summed E-state index contributed by atoms with van der Waals surface area (Å²) in [6.07, 6.45) is 1.18. The number of amides is 1. The number of aromatic nitrogens is 1. The summed E-state index contributed by atoms with van der Waals surface area (Å²) in [5, 5.41) is 2.69. The van der Waals surface area contributed by atoms with Gasteiger partial charge in [-0.3, -0.25) is 4.79 Å². The van der Waals surface area contributed by atoms with E-state index in [-0.39, 0.29) is 18.1 Å². The first-order valence-corrected chi connectivity index (χ1v) is 7.67. The van der Waals surface area contributed by atoms with Gasteiger partial charge in [-0.15, -0.1) is 0 Å². The first kappa shape index (κ1) is 16.5. The molecule has 0 bridgehead atoms. The van der Waals surface area contributed by atoms with Crippen LogP contribution in [0.25, 0.3) is 11.5 Å². The summed E-state index contributed by atoms with van der Waals surface area (Å²) >= 11 is 0. The van der Waals surface area contributed by atoms with Gasteiger partial charge in [0.05, 0.1) is 12.2 Å². The fourth-order valence-corrected chi connectivity index (χ4v) is 2.27. The van der Waals surface area contributed by atoms with Crippen molar-refractivity contribution in [1.29, 1.82) is 0 Å². The second-order valence-corrected chi connectivity index (χ2v) is 5.20. The molecule has 0 aliphatic heterocycles. The first-order valence-electron chi connectivity index (χ1n) is 7.67. The summed E-state index contributed by atoms with van der Waals surface area (Å²) in [5.74, 6) is 0.429. The molecule has 1 aromatic carbocycles. The average molecular weight is 340 g/mol. The predicted octanol–water partition coefficient (Wildman–Crippen LogP) is 3.67. The van der Waals surface area contributed by atoms with Gasteiger partial charge in [0.2, 0.25) is 5.76 Å². The molecule has 0 fully saturated rings. The van der Waals surface area contributed by atoms with Gasteiger partial charge in [-0.05, 0) is 44.2 Å². The van der Waals surface area contributed by atoms with Crippen LogP contribution >= 0.6 is 0 Å². The van der Waals surface area contributed by atoms with Crippen molar-refractivity contribution < 1.29 is 23.2 Å². The van der Waals surface area contributed by atoms with Gasteiger partial charge in [-0.25, -0.2) is 9.78 Å². The van der Waals surface area contributed by atoms with E-state index in [0.29, 0.717) is 22.8 Å². The number of benzene rings is 1. The fraction of sp³-hybridized carbons (Fsp3) is 0.167. The molecule has 128 valence electrons. The predicted molar refractivity (Wildman–Crippen MR) is 89.3 cm³/mol. The molecule has 1 amide bonds. The summed E-state index contributed by atoms with van der Waals surface area (Å²) in [5.41, 5.74) is 0.887. The van der Waals surface area contributed by atoms with Gasteiger partial charge in [0, 0.05) is 5.69 Å². The van der Waals surface area contributed by atoms with Crippen molar-refractivity contribution in [2.75, 3.05) is 11.9 Å². The lowest BCUT2D eigenvalue weighted by Crippen LogP contribution is -2.14. The smallest absolute Gasteiger partial charge is 0.338 e. The minimum atomic E-state index is -0.473. The highest BCUT2D eigenvalue weighted by molar-refractivity contribution is 6.06. The van der Waals surface area contributed by atoms with Crippen LogP contribution in [0.4, 0.5) is 5.69 Å². The lowest BCUT2D eigenvalue weighted by atomic mass is 10.2. The molecule has 0 spiro atoms. The van der Waals surface area contributed by atoms with E-state index in [2.05, 4.69) is 10.3 Å². The molecule has 0 aliphatic carbocycles. The normalized spacial score (nSPS) is 10.5. The van der Waals surface area contributed by atoms with E-state index in [1.807, 2.05) is 0 Å². The van der Waals surface area contributed by atoms with Gasteiger partial charge in [0.1, 0.15) is 5.76 Å². The van der Waals surface area contributed by atoms with Gasteiger partial charge in [-0.1, -0.05) is 6.07 Å². The zero-order chi connectivity index (χ0) is 17.8. The minimum absolute atomic E-state index is 0.0934. The maximum Gasteiger partial charge on any atom is 0.338 e. The second-order valence-electron chi connectivity index (χ2n) is 5.20. The molecule has 0 unspecified atom stereocenters. The third-order valence-electron chi connectivity index (χ3n) is 3.38. The number of nitrogens with one attached hydrogen (secondary N) is 1.